The summed E-state index contributed by atoms with van der Waals surface area (Å²) < 4.78 is 1.21. The summed E-state index contributed by atoms with van der Waals surface area (Å²) in [4.78, 5) is 1.44. The fraction of sp³-hybridized carbons (Fsp3) is 0.692. The molecule has 0 radical (unpaired) electrons. The molecule has 3 heteroatoms. The number of halogens is 1. The van der Waals surface area contributed by atoms with Gasteiger partial charge in [-0.1, -0.05) is 6.92 Å². The van der Waals surface area contributed by atoms with E-state index < -0.39 is 0 Å². The Hall–Kier alpha value is 0.140. The topological polar surface area (TPSA) is 12.0 Å². The van der Waals surface area contributed by atoms with Crippen LogP contribution in [0.4, 0.5) is 0 Å². The van der Waals surface area contributed by atoms with E-state index in [4.69, 9.17) is 0 Å². The maximum atomic E-state index is 3.76. The van der Waals surface area contributed by atoms with E-state index in [1.54, 1.807) is 0 Å². The lowest BCUT2D eigenvalue weighted by atomic mass is 9.87. The molecule has 1 aliphatic rings. The van der Waals surface area contributed by atoms with E-state index >= 15 is 0 Å². The smallest absolute Gasteiger partial charge is 0.0388 e. The van der Waals surface area contributed by atoms with Crippen LogP contribution in [-0.2, 0) is 0 Å². The van der Waals surface area contributed by atoms with Gasteiger partial charge in [-0.2, -0.15) is 0 Å². The summed E-state index contributed by atoms with van der Waals surface area (Å²) in [7, 11) is 0. The van der Waals surface area contributed by atoms with Gasteiger partial charge >= 0.3 is 0 Å². The van der Waals surface area contributed by atoms with Crippen molar-refractivity contribution in [3.8, 4) is 0 Å². The van der Waals surface area contributed by atoms with Gasteiger partial charge in [-0.05, 0) is 60.5 Å². The summed E-state index contributed by atoms with van der Waals surface area (Å²) in [5.41, 5.74) is 0. The highest BCUT2D eigenvalue weighted by Crippen LogP contribution is 2.28. The van der Waals surface area contributed by atoms with Crippen LogP contribution in [0.15, 0.2) is 15.9 Å². The molecule has 1 aromatic rings. The van der Waals surface area contributed by atoms with Gasteiger partial charge in [0.2, 0.25) is 0 Å². The van der Waals surface area contributed by atoms with E-state index in [1.807, 2.05) is 11.3 Å². The quantitative estimate of drug-likeness (QED) is 0.850. The first-order chi connectivity index (χ1) is 7.65. The van der Waals surface area contributed by atoms with Gasteiger partial charge in [0.25, 0.3) is 0 Å². The molecule has 1 fully saturated rings. The largest absolute Gasteiger partial charge is 0.307 e. The zero-order chi connectivity index (χ0) is 11.5. The van der Waals surface area contributed by atoms with Crippen LogP contribution >= 0.6 is 27.3 Å². The van der Waals surface area contributed by atoms with Crippen LogP contribution in [0.25, 0.3) is 0 Å². The second-order valence-electron chi connectivity index (χ2n) is 5.01. The molecular weight excluding hydrogens is 282 g/mol. The maximum Gasteiger partial charge on any atom is 0.0388 e. The average molecular weight is 302 g/mol. The van der Waals surface area contributed by atoms with Gasteiger partial charge in [-0.3, -0.25) is 0 Å². The van der Waals surface area contributed by atoms with Crippen molar-refractivity contribution >= 4 is 27.3 Å². The zero-order valence-electron chi connectivity index (χ0n) is 10.0. The first-order valence-corrected chi connectivity index (χ1v) is 7.82. The van der Waals surface area contributed by atoms with Crippen molar-refractivity contribution < 1.29 is 0 Å². The van der Waals surface area contributed by atoms with Crippen LogP contribution in [0, 0.1) is 5.92 Å². The third-order valence-electron chi connectivity index (χ3n) is 3.52. The standard InChI is InChI=1S/C13H20BrNS/c1-9-3-5-12(6-4-9)15-10(2)13-7-11(14)8-16-13/h7-10,12,15H,3-6H2,1-2H3. The molecule has 2 rings (SSSR count). The lowest BCUT2D eigenvalue weighted by molar-refractivity contribution is 0.292. The molecule has 0 aliphatic heterocycles. The van der Waals surface area contributed by atoms with Crippen molar-refractivity contribution in [2.75, 3.05) is 0 Å². The SMILES string of the molecule is CC1CCC(NC(C)c2cc(Br)cs2)CC1. The van der Waals surface area contributed by atoms with E-state index in [0.717, 1.165) is 12.0 Å². The van der Waals surface area contributed by atoms with Crippen LogP contribution in [0.3, 0.4) is 0 Å². The molecule has 16 heavy (non-hydrogen) atoms. The molecule has 90 valence electrons. The molecule has 1 unspecified atom stereocenters. The normalized spacial score (nSPS) is 27.9. The van der Waals surface area contributed by atoms with Crippen molar-refractivity contribution in [3.63, 3.8) is 0 Å². The minimum absolute atomic E-state index is 0.495. The number of hydrogen-bond donors (Lipinski definition) is 1. The fourth-order valence-electron chi connectivity index (χ4n) is 2.42. The first-order valence-electron chi connectivity index (χ1n) is 6.15. The first kappa shape index (κ1) is 12.6. The summed E-state index contributed by atoms with van der Waals surface area (Å²) in [6.45, 7) is 4.65. The van der Waals surface area contributed by atoms with Crippen molar-refractivity contribution in [2.24, 2.45) is 5.92 Å². The summed E-state index contributed by atoms with van der Waals surface area (Å²) in [5, 5.41) is 5.92. The second-order valence-corrected chi connectivity index (χ2v) is 6.87. The fourth-order valence-corrected chi connectivity index (χ4v) is 3.88. The monoisotopic (exact) mass is 301 g/mol. The molecule has 1 saturated carbocycles. The summed E-state index contributed by atoms with van der Waals surface area (Å²) in [6, 6.07) is 3.45. The Morgan fingerprint density at radius 2 is 2.06 bits per heavy atom. The lowest BCUT2D eigenvalue weighted by Gasteiger charge is -2.29. The average Bonchev–Trinajstić information content (AvgIpc) is 2.68. The lowest BCUT2D eigenvalue weighted by Crippen LogP contribution is -2.34. The molecule has 1 N–H and O–H groups in total. The molecule has 1 aromatic heterocycles. The van der Waals surface area contributed by atoms with Crippen molar-refractivity contribution in [3.05, 3.63) is 20.8 Å². The highest BCUT2D eigenvalue weighted by Gasteiger charge is 2.20. The van der Waals surface area contributed by atoms with E-state index in [1.165, 1.54) is 35.0 Å². The van der Waals surface area contributed by atoms with Gasteiger partial charge in [0.1, 0.15) is 0 Å². The molecular formula is C13H20BrNS. The van der Waals surface area contributed by atoms with Crippen molar-refractivity contribution in [2.45, 2.75) is 51.6 Å². The third kappa shape index (κ3) is 3.31. The Morgan fingerprint density at radius 3 is 2.62 bits per heavy atom. The van der Waals surface area contributed by atoms with Gasteiger partial charge in [0.15, 0.2) is 0 Å². The van der Waals surface area contributed by atoms with Gasteiger partial charge < -0.3 is 5.32 Å². The van der Waals surface area contributed by atoms with Gasteiger partial charge in [0.05, 0.1) is 0 Å². The molecule has 1 nitrogen and oxygen atoms in total. The van der Waals surface area contributed by atoms with Crippen molar-refractivity contribution in [1.29, 1.82) is 0 Å². The Kier molecular flexibility index (Phi) is 4.45. The number of rotatable bonds is 3. The minimum Gasteiger partial charge on any atom is -0.307 e. The minimum atomic E-state index is 0.495. The zero-order valence-corrected chi connectivity index (χ0v) is 12.4. The molecule has 0 amide bonds. The number of thiophene rings is 1. The van der Waals surface area contributed by atoms with Crippen LogP contribution in [0.5, 0.6) is 0 Å². The highest BCUT2D eigenvalue weighted by molar-refractivity contribution is 9.10. The molecule has 1 heterocycles. The van der Waals surface area contributed by atoms with Crippen LogP contribution < -0.4 is 5.32 Å². The predicted octanol–water partition coefficient (Wildman–Crippen LogP) is 4.74. The summed E-state index contributed by atoms with van der Waals surface area (Å²) >= 11 is 5.35. The van der Waals surface area contributed by atoms with Crippen LogP contribution in [-0.4, -0.2) is 6.04 Å². The number of nitrogens with one attached hydrogen (secondary N) is 1. The third-order valence-corrected chi connectivity index (χ3v) is 5.39. The van der Waals surface area contributed by atoms with E-state index in [-0.39, 0.29) is 0 Å². The maximum absolute atomic E-state index is 3.76. The Bertz CT molecular complexity index is 328. The van der Waals surface area contributed by atoms with Gasteiger partial charge in [-0.25, -0.2) is 0 Å². The Morgan fingerprint density at radius 1 is 1.38 bits per heavy atom. The van der Waals surface area contributed by atoms with E-state index in [9.17, 15) is 0 Å². The van der Waals surface area contributed by atoms with Crippen LogP contribution in [0.1, 0.15) is 50.4 Å². The molecule has 1 aliphatic carbocycles. The highest BCUT2D eigenvalue weighted by atomic mass is 79.9. The molecule has 0 saturated heterocycles. The van der Waals surface area contributed by atoms with Gasteiger partial charge in [-0.15, -0.1) is 11.3 Å². The summed E-state index contributed by atoms with van der Waals surface area (Å²) in [5.74, 6) is 0.934. The predicted molar refractivity (Wildman–Crippen MR) is 75.0 cm³/mol. The molecule has 0 spiro atoms. The summed E-state index contributed by atoms with van der Waals surface area (Å²) in [6.07, 6.45) is 5.47. The molecule has 0 aromatic carbocycles. The molecule has 0 bridgehead atoms. The van der Waals surface area contributed by atoms with Crippen molar-refractivity contribution in [1.82, 2.24) is 5.32 Å². The van der Waals surface area contributed by atoms with Gasteiger partial charge in [0, 0.05) is 26.8 Å². The Balaban J connectivity index is 1.85. The van der Waals surface area contributed by atoms with E-state index in [2.05, 4.69) is 46.5 Å². The van der Waals surface area contributed by atoms with E-state index in [0.29, 0.717) is 6.04 Å². The Labute approximate surface area is 111 Å². The number of hydrogen-bond acceptors (Lipinski definition) is 2. The molecule has 1 atom stereocenters. The van der Waals surface area contributed by atoms with Crippen LogP contribution in [0.2, 0.25) is 0 Å². The second kappa shape index (κ2) is 5.65.